The van der Waals surface area contributed by atoms with Crippen LogP contribution in [-0.4, -0.2) is 61.3 Å². The zero-order valence-electron chi connectivity index (χ0n) is 19.7. The van der Waals surface area contributed by atoms with Crippen molar-refractivity contribution < 1.29 is 32.4 Å². The Balaban J connectivity index is 0.000000405. The topological polar surface area (TPSA) is 154 Å². The largest absolute Gasteiger partial charge is 0.490 e. The number of nitrogens with one attached hydrogen (secondary N) is 1. The summed E-state index contributed by atoms with van der Waals surface area (Å²) < 4.78 is 45.0. The number of piperidine rings is 1. The number of carbonyl (C=O) groups is 1. The molecular weight excluding hydrogens is 495 g/mol. The van der Waals surface area contributed by atoms with Gasteiger partial charge in [-0.1, -0.05) is 30.3 Å². The van der Waals surface area contributed by atoms with Crippen LogP contribution in [0, 0.1) is 0 Å². The second-order valence-corrected chi connectivity index (χ2v) is 8.10. The molecule has 11 nitrogen and oxygen atoms in total. The first-order chi connectivity index (χ1) is 17.7. The Morgan fingerprint density at radius 2 is 2.00 bits per heavy atom. The molecule has 0 radical (unpaired) electrons. The minimum absolute atomic E-state index is 0.0915. The molecule has 0 saturated carbocycles. The van der Waals surface area contributed by atoms with Gasteiger partial charge in [-0.25, -0.2) is 19.4 Å². The molecule has 0 spiro atoms. The summed E-state index contributed by atoms with van der Waals surface area (Å²) in [4.78, 5) is 18.5. The lowest BCUT2D eigenvalue weighted by molar-refractivity contribution is -0.192. The molecule has 4 aromatic rings. The molecule has 1 aliphatic heterocycles. The van der Waals surface area contributed by atoms with Gasteiger partial charge in [-0.15, -0.1) is 0 Å². The quantitative estimate of drug-likeness (QED) is 0.357. The number of hydrogen-bond donors (Lipinski definition) is 3. The number of anilines is 1. The molecule has 14 heteroatoms. The van der Waals surface area contributed by atoms with Gasteiger partial charge >= 0.3 is 12.1 Å². The number of aromatic nitrogens is 5. The second-order valence-electron chi connectivity index (χ2n) is 8.10. The van der Waals surface area contributed by atoms with Gasteiger partial charge in [0, 0.05) is 18.7 Å². The van der Waals surface area contributed by atoms with Crippen LogP contribution in [0.2, 0.25) is 0 Å². The van der Waals surface area contributed by atoms with Crippen LogP contribution in [0.25, 0.3) is 33.8 Å². The highest BCUT2D eigenvalue weighted by atomic mass is 19.4. The summed E-state index contributed by atoms with van der Waals surface area (Å²) in [5.74, 6) is -1.27. The fourth-order valence-corrected chi connectivity index (χ4v) is 3.95. The number of rotatable bonds is 5. The fraction of sp³-hybridized carbons (Fsp3) is 0.348. The van der Waals surface area contributed by atoms with Gasteiger partial charge in [0.15, 0.2) is 23.1 Å². The first-order valence-corrected chi connectivity index (χ1v) is 11.4. The van der Waals surface area contributed by atoms with Gasteiger partial charge in [0.25, 0.3) is 0 Å². The number of carboxylic acids is 1. The number of ether oxygens (including phenoxy) is 1. The van der Waals surface area contributed by atoms with E-state index in [2.05, 4.69) is 15.6 Å². The molecule has 1 saturated heterocycles. The second kappa shape index (κ2) is 10.8. The van der Waals surface area contributed by atoms with Gasteiger partial charge in [-0.2, -0.15) is 13.2 Å². The van der Waals surface area contributed by atoms with Crippen molar-refractivity contribution in [2.45, 2.75) is 38.6 Å². The highest BCUT2D eigenvalue weighted by molar-refractivity contribution is 5.95. The van der Waals surface area contributed by atoms with E-state index in [1.54, 1.807) is 6.20 Å². The normalized spacial score (nSPS) is 15.7. The molecule has 0 amide bonds. The van der Waals surface area contributed by atoms with E-state index in [1.165, 1.54) is 0 Å². The van der Waals surface area contributed by atoms with Gasteiger partial charge in [0.05, 0.1) is 11.9 Å². The molecule has 1 aromatic carbocycles. The molecule has 196 valence electrons. The van der Waals surface area contributed by atoms with Crippen molar-refractivity contribution in [2.24, 2.45) is 0 Å². The summed E-state index contributed by atoms with van der Waals surface area (Å²) in [6, 6.07) is 9.98. The Labute approximate surface area is 208 Å². The minimum Gasteiger partial charge on any atom is -0.485 e. The zero-order chi connectivity index (χ0) is 26.6. The number of aliphatic carboxylic acids is 1. The van der Waals surface area contributed by atoms with Gasteiger partial charge in [0.2, 0.25) is 0 Å². The maximum absolute atomic E-state index is 10.6. The number of halogens is 3. The molecule has 1 unspecified atom stereocenters. The molecule has 0 bridgehead atoms. The predicted molar refractivity (Wildman–Crippen MR) is 127 cm³/mol. The van der Waals surface area contributed by atoms with Gasteiger partial charge < -0.3 is 25.5 Å². The van der Waals surface area contributed by atoms with Crippen LogP contribution < -0.4 is 15.8 Å². The number of nitrogen functional groups attached to an aromatic ring is 1. The lowest BCUT2D eigenvalue weighted by atomic mass is 10.1. The third-order valence-corrected chi connectivity index (χ3v) is 5.61. The van der Waals surface area contributed by atoms with E-state index in [9.17, 15) is 13.2 Å². The van der Waals surface area contributed by atoms with Crippen molar-refractivity contribution >= 4 is 22.8 Å². The van der Waals surface area contributed by atoms with Crippen LogP contribution in [0.15, 0.2) is 41.2 Å². The highest BCUT2D eigenvalue weighted by Crippen LogP contribution is 2.37. The van der Waals surface area contributed by atoms with E-state index in [4.69, 9.17) is 35.0 Å². The monoisotopic (exact) mass is 519 g/mol. The average molecular weight is 519 g/mol. The number of nitrogens with two attached hydrogens (primary N) is 1. The Morgan fingerprint density at radius 3 is 2.57 bits per heavy atom. The van der Waals surface area contributed by atoms with E-state index < -0.39 is 12.1 Å². The van der Waals surface area contributed by atoms with E-state index in [0.717, 1.165) is 48.2 Å². The smallest absolute Gasteiger partial charge is 0.485 e. The summed E-state index contributed by atoms with van der Waals surface area (Å²) >= 11 is 0. The molecule has 4 heterocycles. The van der Waals surface area contributed by atoms with Gasteiger partial charge in [-0.05, 0) is 36.6 Å². The lowest BCUT2D eigenvalue weighted by Gasteiger charge is -2.24. The Bertz CT molecular complexity index is 1370. The number of pyridine rings is 1. The Hall–Kier alpha value is -4.20. The lowest BCUT2D eigenvalue weighted by Crippen LogP contribution is -2.37. The number of nitrogens with zero attached hydrogens (tertiary/aromatic N) is 5. The molecule has 1 aliphatic rings. The van der Waals surface area contributed by atoms with E-state index in [1.807, 2.05) is 41.8 Å². The summed E-state index contributed by atoms with van der Waals surface area (Å²) in [5, 5.41) is 18.2. The molecular formula is C23H24F3N7O4. The van der Waals surface area contributed by atoms with Crippen LogP contribution in [-0.2, 0) is 11.3 Å². The van der Waals surface area contributed by atoms with E-state index >= 15 is 0 Å². The molecule has 37 heavy (non-hydrogen) atoms. The maximum atomic E-state index is 10.6. The number of aryl methyl sites for hydroxylation is 1. The first-order valence-electron chi connectivity index (χ1n) is 11.4. The van der Waals surface area contributed by atoms with Crippen molar-refractivity contribution in [2.75, 3.05) is 18.8 Å². The predicted octanol–water partition coefficient (Wildman–Crippen LogP) is 3.51. The summed E-state index contributed by atoms with van der Waals surface area (Å²) in [6.45, 7) is 4.53. The SMILES string of the molecule is CCn1c(-c2nonc2N)nc2c(-c3ccccc3)ncc(OC3CCCNC3)c21.O=C(O)C(F)(F)F. The van der Waals surface area contributed by atoms with Gasteiger partial charge in [-0.3, -0.25) is 0 Å². The van der Waals surface area contributed by atoms with Crippen molar-refractivity contribution in [3.63, 3.8) is 0 Å². The Kier molecular flexibility index (Phi) is 7.57. The highest BCUT2D eigenvalue weighted by Gasteiger charge is 2.38. The molecule has 1 atom stereocenters. The summed E-state index contributed by atoms with van der Waals surface area (Å²) in [6.07, 6.45) is -1.11. The average Bonchev–Trinajstić information content (AvgIpc) is 3.48. The van der Waals surface area contributed by atoms with Crippen LogP contribution in [0.5, 0.6) is 5.75 Å². The van der Waals surface area contributed by atoms with Crippen molar-refractivity contribution in [1.29, 1.82) is 0 Å². The molecule has 1 fully saturated rings. The van der Waals surface area contributed by atoms with Crippen molar-refractivity contribution in [1.82, 2.24) is 30.2 Å². The number of alkyl halides is 3. The van der Waals surface area contributed by atoms with Crippen molar-refractivity contribution in [3.05, 3.63) is 36.5 Å². The van der Waals surface area contributed by atoms with Crippen LogP contribution >= 0.6 is 0 Å². The van der Waals surface area contributed by atoms with E-state index in [0.29, 0.717) is 23.8 Å². The number of carboxylic acid groups (broad SMARTS) is 1. The third kappa shape index (κ3) is 5.63. The first kappa shape index (κ1) is 25.9. The molecule has 4 N–H and O–H groups in total. The molecule has 5 rings (SSSR count). The zero-order valence-corrected chi connectivity index (χ0v) is 19.7. The third-order valence-electron chi connectivity index (χ3n) is 5.61. The standard InChI is InChI=1S/C21H23N7O2.C2HF3O2/c1-2-28-19-15(29-14-9-6-10-23-11-14)12-24-16(13-7-4-3-5-8-13)17(19)25-21(28)18-20(22)27-30-26-18;3-2(4,5)1(6)7/h3-5,7-8,12,14,23H,2,6,9-11H2,1H3,(H2,22,27);(H,6,7). The number of hydrogen-bond acceptors (Lipinski definition) is 9. The number of fused-ring (bicyclic) bond motifs is 1. The number of benzene rings is 1. The maximum Gasteiger partial charge on any atom is 0.490 e. The number of imidazole rings is 1. The Morgan fingerprint density at radius 1 is 1.27 bits per heavy atom. The minimum atomic E-state index is -5.08. The van der Waals surface area contributed by atoms with Crippen LogP contribution in [0.4, 0.5) is 19.0 Å². The van der Waals surface area contributed by atoms with Gasteiger partial charge in [0.1, 0.15) is 17.1 Å². The summed E-state index contributed by atoms with van der Waals surface area (Å²) in [5.41, 5.74) is 9.76. The van der Waals surface area contributed by atoms with E-state index in [-0.39, 0.29) is 11.9 Å². The molecule has 3 aromatic heterocycles. The summed E-state index contributed by atoms with van der Waals surface area (Å²) in [7, 11) is 0. The fourth-order valence-electron chi connectivity index (χ4n) is 3.95. The molecule has 0 aliphatic carbocycles. The van der Waals surface area contributed by atoms with Crippen molar-refractivity contribution in [3.8, 4) is 28.5 Å². The van der Waals surface area contributed by atoms with Crippen LogP contribution in [0.3, 0.4) is 0 Å². The van der Waals surface area contributed by atoms with Crippen LogP contribution in [0.1, 0.15) is 19.8 Å².